The second kappa shape index (κ2) is 10.9. The van der Waals surface area contributed by atoms with Crippen molar-refractivity contribution in [2.24, 2.45) is 0 Å². The van der Waals surface area contributed by atoms with Gasteiger partial charge in [0.1, 0.15) is 11.0 Å². The normalized spacial score (nSPS) is 14.5. The standard InChI is InChI=1S/C24H21ClN4O6S2/c25-18-5-10-22(28-36(31,32)23-4-2-1-3-17(23)16-26)21(15-18)24(30)27-19-6-8-20(9-7-19)37(33,34)29-11-13-35-14-12-29/h1-10,15,28H,11-14H2,(H,27,30). The fourth-order valence-electron chi connectivity index (χ4n) is 3.63. The molecule has 4 rings (SSSR count). The van der Waals surface area contributed by atoms with Crippen LogP contribution in [-0.2, 0) is 24.8 Å². The summed E-state index contributed by atoms with van der Waals surface area (Å²) < 4.78 is 60.4. The fraction of sp³-hybridized carbons (Fsp3) is 0.167. The fourth-order valence-corrected chi connectivity index (χ4v) is 6.45. The van der Waals surface area contributed by atoms with Gasteiger partial charge in [-0.25, -0.2) is 16.8 Å². The first kappa shape index (κ1) is 26.6. The Labute approximate surface area is 219 Å². The number of carbonyl (C=O) groups is 1. The lowest BCUT2D eigenvalue weighted by Crippen LogP contribution is -2.40. The van der Waals surface area contributed by atoms with Crippen LogP contribution >= 0.6 is 11.6 Å². The van der Waals surface area contributed by atoms with Crippen molar-refractivity contribution in [3.63, 3.8) is 0 Å². The van der Waals surface area contributed by atoms with Gasteiger partial charge in [-0.05, 0) is 54.6 Å². The van der Waals surface area contributed by atoms with Crippen LogP contribution in [0, 0.1) is 11.3 Å². The number of morpholine rings is 1. The van der Waals surface area contributed by atoms with Crippen molar-refractivity contribution >= 4 is 48.9 Å². The van der Waals surface area contributed by atoms with E-state index in [9.17, 15) is 26.9 Å². The molecule has 10 nitrogen and oxygen atoms in total. The Bertz CT molecular complexity index is 1580. The first-order valence-electron chi connectivity index (χ1n) is 10.9. The molecule has 1 amide bonds. The number of benzene rings is 3. The molecule has 0 aromatic heterocycles. The number of sulfonamides is 2. The summed E-state index contributed by atoms with van der Waals surface area (Å²) in [6.45, 7) is 1.16. The van der Waals surface area contributed by atoms with Crippen molar-refractivity contribution in [2.45, 2.75) is 9.79 Å². The molecule has 1 heterocycles. The van der Waals surface area contributed by atoms with Gasteiger partial charge in [-0.1, -0.05) is 23.7 Å². The second-order valence-electron chi connectivity index (χ2n) is 7.90. The van der Waals surface area contributed by atoms with Gasteiger partial charge in [-0.15, -0.1) is 0 Å². The van der Waals surface area contributed by atoms with Crippen LogP contribution in [0.25, 0.3) is 0 Å². The smallest absolute Gasteiger partial charge is 0.263 e. The summed E-state index contributed by atoms with van der Waals surface area (Å²) in [5.41, 5.74) is 0.105. The molecule has 1 aliphatic heterocycles. The van der Waals surface area contributed by atoms with Gasteiger partial charge in [0, 0.05) is 23.8 Å². The molecule has 2 N–H and O–H groups in total. The van der Waals surface area contributed by atoms with Crippen molar-refractivity contribution < 1.29 is 26.4 Å². The third-order valence-electron chi connectivity index (χ3n) is 5.49. The van der Waals surface area contributed by atoms with E-state index < -0.39 is 26.0 Å². The maximum atomic E-state index is 13.1. The molecule has 0 bridgehead atoms. The summed E-state index contributed by atoms with van der Waals surface area (Å²) in [7, 11) is -7.91. The minimum Gasteiger partial charge on any atom is -0.379 e. The largest absolute Gasteiger partial charge is 0.379 e. The number of nitrogens with zero attached hydrogens (tertiary/aromatic N) is 2. The number of nitrogens with one attached hydrogen (secondary N) is 2. The van der Waals surface area contributed by atoms with Crippen LogP contribution in [0.2, 0.25) is 5.02 Å². The zero-order valence-corrected chi connectivity index (χ0v) is 21.6. The zero-order chi connectivity index (χ0) is 26.6. The Morgan fingerprint density at radius 3 is 2.32 bits per heavy atom. The van der Waals surface area contributed by atoms with Gasteiger partial charge in [0.15, 0.2) is 0 Å². The Morgan fingerprint density at radius 1 is 0.973 bits per heavy atom. The molecule has 0 unspecified atom stereocenters. The summed E-state index contributed by atoms with van der Waals surface area (Å²) in [5, 5.41) is 12.1. The number of amides is 1. The molecule has 1 aliphatic rings. The van der Waals surface area contributed by atoms with E-state index in [1.165, 1.54) is 71.0 Å². The van der Waals surface area contributed by atoms with E-state index in [1.54, 1.807) is 0 Å². The number of rotatable bonds is 7. The Hall–Kier alpha value is -3.47. The van der Waals surface area contributed by atoms with Crippen LogP contribution in [0.5, 0.6) is 0 Å². The highest BCUT2D eigenvalue weighted by molar-refractivity contribution is 7.92. The Morgan fingerprint density at radius 2 is 1.65 bits per heavy atom. The third kappa shape index (κ3) is 5.93. The second-order valence-corrected chi connectivity index (χ2v) is 11.9. The lowest BCUT2D eigenvalue weighted by molar-refractivity contribution is 0.0730. The highest BCUT2D eigenvalue weighted by atomic mass is 35.5. The van der Waals surface area contributed by atoms with Crippen LogP contribution in [0.4, 0.5) is 11.4 Å². The number of anilines is 2. The van der Waals surface area contributed by atoms with E-state index in [1.807, 2.05) is 6.07 Å². The van der Waals surface area contributed by atoms with Gasteiger partial charge in [-0.2, -0.15) is 9.57 Å². The molecule has 13 heteroatoms. The van der Waals surface area contributed by atoms with Crippen molar-refractivity contribution in [1.29, 1.82) is 5.26 Å². The predicted octanol–water partition coefficient (Wildman–Crippen LogP) is 3.29. The summed E-state index contributed by atoms with van der Waals surface area (Å²) in [5.74, 6) is -0.683. The number of halogens is 1. The molecule has 0 atom stereocenters. The first-order chi connectivity index (χ1) is 17.6. The Balaban J connectivity index is 1.56. The van der Waals surface area contributed by atoms with E-state index in [0.29, 0.717) is 13.2 Å². The predicted molar refractivity (Wildman–Crippen MR) is 137 cm³/mol. The summed E-state index contributed by atoms with van der Waals surface area (Å²) >= 11 is 6.06. The number of carbonyl (C=O) groups excluding carboxylic acids is 1. The van der Waals surface area contributed by atoms with Crippen LogP contribution in [0.3, 0.4) is 0 Å². The number of nitriles is 1. The average molecular weight is 561 g/mol. The minimum atomic E-state index is -4.21. The van der Waals surface area contributed by atoms with Crippen molar-refractivity contribution in [2.75, 3.05) is 36.3 Å². The van der Waals surface area contributed by atoms with Crippen LogP contribution in [0.1, 0.15) is 15.9 Å². The molecule has 0 aliphatic carbocycles. The topological polar surface area (TPSA) is 146 Å². The number of ether oxygens (including phenoxy) is 1. The molecular formula is C24H21ClN4O6S2. The quantitative estimate of drug-likeness (QED) is 0.451. The van der Waals surface area contributed by atoms with Gasteiger partial charge in [0.2, 0.25) is 10.0 Å². The van der Waals surface area contributed by atoms with Gasteiger partial charge in [-0.3, -0.25) is 9.52 Å². The number of hydrogen-bond donors (Lipinski definition) is 2. The maximum Gasteiger partial charge on any atom is 0.263 e. The molecule has 1 fully saturated rings. The minimum absolute atomic E-state index is 0.0536. The highest BCUT2D eigenvalue weighted by Gasteiger charge is 2.26. The molecular weight excluding hydrogens is 540 g/mol. The number of hydrogen-bond acceptors (Lipinski definition) is 7. The van der Waals surface area contributed by atoms with E-state index in [2.05, 4.69) is 10.0 Å². The molecule has 37 heavy (non-hydrogen) atoms. The van der Waals surface area contributed by atoms with Crippen molar-refractivity contribution in [1.82, 2.24) is 4.31 Å². The zero-order valence-electron chi connectivity index (χ0n) is 19.2. The molecule has 3 aromatic carbocycles. The van der Waals surface area contributed by atoms with Crippen molar-refractivity contribution in [3.05, 3.63) is 82.9 Å². The molecule has 192 valence electrons. The molecule has 1 saturated heterocycles. The van der Waals surface area contributed by atoms with Crippen LogP contribution < -0.4 is 10.0 Å². The summed E-state index contributed by atoms with van der Waals surface area (Å²) in [6.07, 6.45) is 0. The van der Waals surface area contributed by atoms with Gasteiger partial charge < -0.3 is 10.1 Å². The van der Waals surface area contributed by atoms with Crippen LogP contribution in [0.15, 0.2) is 76.5 Å². The summed E-state index contributed by atoms with van der Waals surface area (Å²) in [4.78, 5) is 12.9. The Kier molecular flexibility index (Phi) is 7.82. The molecule has 0 spiro atoms. The highest BCUT2D eigenvalue weighted by Crippen LogP contribution is 2.26. The molecule has 3 aromatic rings. The van der Waals surface area contributed by atoms with E-state index in [0.717, 1.165) is 0 Å². The summed E-state index contributed by atoms with van der Waals surface area (Å²) in [6, 6.07) is 17.2. The first-order valence-corrected chi connectivity index (χ1v) is 14.2. The van der Waals surface area contributed by atoms with E-state index in [4.69, 9.17) is 16.3 Å². The van der Waals surface area contributed by atoms with E-state index in [-0.39, 0.29) is 50.4 Å². The lowest BCUT2D eigenvalue weighted by atomic mass is 10.1. The SMILES string of the molecule is N#Cc1ccccc1S(=O)(=O)Nc1ccc(Cl)cc1C(=O)Nc1ccc(S(=O)(=O)N2CCOCC2)cc1. The maximum absolute atomic E-state index is 13.1. The lowest BCUT2D eigenvalue weighted by Gasteiger charge is -2.26. The van der Waals surface area contributed by atoms with Crippen LogP contribution in [-0.4, -0.2) is 53.4 Å². The molecule has 0 radical (unpaired) electrons. The average Bonchev–Trinajstić information content (AvgIpc) is 2.90. The monoisotopic (exact) mass is 560 g/mol. The van der Waals surface area contributed by atoms with Crippen molar-refractivity contribution in [3.8, 4) is 6.07 Å². The van der Waals surface area contributed by atoms with Gasteiger partial charge in [0.25, 0.3) is 15.9 Å². The van der Waals surface area contributed by atoms with Gasteiger partial charge >= 0.3 is 0 Å². The third-order valence-corrected chi connectivity index (χ3v) is 9.06. The van der Waals surface area contributed by atoms with Gasteiger partial charge in [0.05, 0.1) is 34.9 Å². The molecule has 0 saturated carbocycles. The van der Waals surface area contributed by atoms with E-state index >= 15 is 0 Å².